The number of nitrogens with one attached hydrogen (secondary N) is 1. The zero-order chi connectivity index (χ0) is 9.80. The Morgan fingerprint density at radius 2 is 2.14 bits per heavy atom. The second-order valence-electron chi connectivity index (χ2n) is 2.65. The highest BCUT2D eigenvalue weighted by atomic mass is 35.5. The molecular weight excluding hydrogens is 218 g/mol. The first-order chi connectivity index (χ1) is 6.86. The van der Waals surface area contributed by atoms with E-state index < -0.39 is 0 Å². The zero-order valence-corrected chi connectivity index (χ0v) is 8.85. The summed E-state index contributed by atoms with van der Waals surface area (Å²) in [5.74, 6) is 0.620. The van der Waals surface area contributed by atoms with Gasteiger partial charge in [0.05, 0.1) is 4.34 Å². The van der Waals surface area contributed by atoms with Crippen LogP contribution < -0.4 is 5.32 Å². The SMILES string of the molecule is Clc1sccc1CNc1ncccn1. The van der Waals surface area contributed by atoms with Gasteiger partial charge >= 0.3 is 0 Å². The molecule has 5 heteroatoms. The zero-order valence-electron chi connectivity index (χ0n) is 7.27. The Kier molecular flexibility index (Phi) is 2.96. The molecule has 0 atom stereocenters. The van der Waals surface area contributed by atoms with Crippen molar-refractivity contribution in [2.24, 2.45) is 0 Å². The Labute approximate surface area is 90.8 Å². The topological polar surface area (TPSA) is 37.8 Å². The number of halogens is 1. The molecule has 14 heavy (non-hydrogen) atoms. The fourth-order valence-corrected chi connectivity index (χ4v) is 1.94. The molecule has 2 aromatic rings. The van der Waals surface area contributed by atoms with E-state index in [1.807, 2.05) is 11.4 Å². The van der Waals surface area contributed by atoms with Gasteiger partial charge in [-0.05, 0) is 17.5 Å². The van der Waals surface area contributed by atoms with E-state index in [9.17, 15) is 0 Å². The molecule has 3 nitrogen and oxygen atoms in total. The Morgan fingerprint density at radius 1 is 1.36 bits per heavy atom. The largest absolute Gasteiger partial charge is 0.350 e. The van der Waals surface area contributed by atoms with E-state index in [4.69, 9.17) is 11.6 Å². The third-order valence-electron chi connectivity index (χ3n) is 1.70. The van der Waals surface area contributed by atoms with Crippen LogP contribution in [0.3, 0.4) is 0 Å². The molecule has 2 heterocycles. The van der Waals surface area contributed by atoms with E-state index >= 15 is 0 Å². The van der Waals surface area contributed by atoms with Crippen molar-refractivity contribution in [2.45, 2.75) is 6.54 Å². The lowest BCUT2D eigenvalue weighted by molar-refractivity contribution is 1.06. The van der Waals surface area contributed by atoms with Crippen molar-refractivity contribution in [3.63, 3.8) is 0 Å². The summed E-state index contributed by atoms with van der Waals surface area (Å²) in [6.45, 7) is 0.659. The van der Waals surface area contributed by atoms with Crippen LogP contribution in [0.4, 0.5) is 5.95 Å². The molecule has 72 valence electrons. The lowest BCUT2D eigenvalue weighted by Crippen LogP contribution is -2.01. The third kappa shape index (κ3) is 2.21. The lowest BCUT2D eigenvalue weighted by atomic mass is 10.3. The second-order valence-corrected chi connectivity index (χ2v) is 4.16. The predicted octanol–water partition coefficient (Wildman–Crippen LogP) is 2.80. The van der Waals surface area contributed by atoms with Crippen molar-refractivity contribution in [1.82, 2.24) is 9.97 Å². The van der Waals surface area contributed by atoms with Gasteiger partial charge in [-0.1, -0.05) is 11.6 Å². The highest BCUT2D eigenvalue weighted by Gasteiger charge is 2.01. The van der Waals surface area contributed by atoms with Crippen LogP contribution in [-0.2, 0) is 6.54 Å². The summed E-state index contributed by atoms with van der Waals surface area (Å²) in [6.07, 6.45) is 3.40. The van der Waals surface area contributed by atoms with Crippen molar-refractivity contribution in [2.75, 3.05) is 5.32 Å². The van der Waals surface area contributed by atoms with Gasteiger partial charge in [0, 0.05) is 24.5 Å². The number of hydrogen-bond acceptors (Lipinski definition) is 4. The quantitative estimate of drug-likeness (QED) is 0.873. The Morgan fingerprint density at radius 3 is 2.79 bits per heavy atom. The number of thiophene rings is 1. The van der Waals surface area contributed by atoms with Crippen molar-refractivity contribution >= 4 is 28.9 Å². The number of hydrogen-bond donors (Lipinski definition) is 1. The first-order valence-electron chi connectivity index (χ1n) is 4.09. The molecule has 0 aliphatic rings. The number of rotatable bonds is 3. The maximum atomic E-state index is 5.94. The minimum absolute atomic E-state index is 0.620. The molecule has 2 rings (SSSR count). The molecule has 0 fully saturated rings. The fraction of sp³-hybridized carbons (Fsp3) is 0.111. The molecule has 0 saturated carbocycles. The van der Waals surface area contributed by atoms with Crippen LogP contribution in [0.15, 0.2) is 29.9 Å². The summed E-state index contributed by atoms with van der Waals surface area (Å²) in [5.41, 5.74) is 1.07. The van der Waals surface area contributed by atoms with Gasteiger partial charge < -0.3 is 5.32 Å². The van der Waals surface area contributed by atoms with Gasteiger partial charge in [0.1, 0.15) is 0 Å². The Bertz CT molecular complexity index is 401. The van der Waals surface area contributed by atoms with Gasteiger partial charge in [0.2, 0.25) is 5.95 Å². The molecule has 0 saturated heterocycles. The highest BCUT2D eigenvalue weighted by molar-refractivity contribution is 7.14. The average molecular weight is 226 g/mol. The van der Waals surface area contributed by atoms with Crippen LogP contribution in [0.25, 0.3) is 0 Å². The summed E-state index contributed by atoms with van der Waals surface area (Å²) in [4.78, 5) is 8.09. The molecule has 0 unspecified atom stereocenters. The molecule has 0 aromatic carbocycles. The summed E-state index contributed by atoms with van der Waals surface area (Å²) in [5, 5.41) is 5.05. The van der Waals surface area contributed by atoms with Gasteiger partial charge in [-0.2, -0.15) is 0 Å². The third-order valence-corrected chi connectivity index (χ3v) is 2.95. The van der Waals surface area contributed by atoms with Crippen molar-refractivity contribution < 1.29 is 0 Å². The minimum Gasteiger partial charge on any atom is -0.350 e. The maximum Gasteiger partial charge on any atom is 0.222 e. The summed E-state index contributed by atoms with van der Waals surface area (Å²) in [6, 6.07) is 3.77. The van der Waals surface area contributed by atoms with Crippen molar-refractivity contribution in [3.05, 3.63) is 39.8 Å². The molecule has 0 radical (unpaired) electrons. The van der Waals surface area contributed by atoms with E-state index in [-0.39, 0.29) is 0 Å². The Hall–Kier alpha value is -1.13. The number of nitrogens with zero attached hydrogens (tertiary/aromatic N) is 2. The molecule has 0 aliphatic carbocycles. The average Bonchev–Trinajstić information content (AvgIpc) is 2.63. The monoisotopic (exact) mass is 225 g/mol. The van der Waals surface area contributed by atoms with Crippen LogP contribution in [-0.4, -0.2) is 9.97 Å². The second kappa shape index (κ2) is 4.39. The van der Waals surface area contributed by atoms with Crippen LogP contribution in [0, 0.1) is 0 Å². The van der Waals surface area contributed by atoms with E-state index in [1.54, 1.807) is 18.5 Å². The van der Waals surface area contributed by atoms with Crippen LogP contribution in [0.1, 0.15) is 5.56 Å². The first-order valence-corrected chi connectivity index (χ1v) is 5.35. The smallest absolute Gasteiger partial charge is 0.222 e. The molecule has 0 spiro atoms. The van der Waals surface area contributed by atoms with Gasteiger partial charge in [-0.25, -0.2) is 9.97 Å². The fourth-order valence-electron chi connectivity index (χ4n) is 1.01. The van der Waals surface area contributed by atoms with Gasteiger partial charge in [-0.3, -0.25) is 0 Å². The standard InChI is InChI=1S/C9H8ClN3S/c10-8-7(2-5-14-8)6-13-9-11-3-1-4-12-9/h1-5H,6H2,(H,11,12,13). The highest BCUT2D eigenvalue weighted by Crippen LogP contribution is 2.22. The lowest BCUT2D eigenvalue weighted by Gasteiger charge is -2.02. The van der Waals surface area contributed by atoms with Gasteiger partial charge in [0.25, 0.3) is 0 Å². The van der Waals surface area contributed by atoms with Crippen molar-refractivity contribution in [3.8, 4) is 0 Å². The predicted molar refractivity (Wildman–Crippen MR) is 58.7 cm³/mol. The molecule has 2 aromatic heterocycles. The number of anilines is 1. The normalized spacial score (nSPS) is 10.1. The first kappa shape index (κ1) is 9.43. The molecule has 1 N–H and O–H groups in total. The van der Waals surface area contributed by atoms with Gasteiger partial charge in [0.15, 0.2) is 0 Å². The van der Waals surface area contributed by atoms with E-state index in [2.05, 4.69) is 15.3 Å². The summed E-state index contributed by atoms with van der Waals surface area (Å²) >= 11 is 7.47. The molecule has 0 aliphatic heterocycles. The van der Waals surface area contributed by atoms with Crippen LogP contribution in [0.5, 0.6) is 0 Å². The van der Waals surface area contributed by atoms with E-state index in [1.165, 1.54) is 11.3 Å². The molecule has 0 amide bonds. The Balaban J connectivity index is 1.99. The van der Waals surface area contributed by atoms with E-state index in [0.717, 1.165) is 9.90 Å². The summed E-state index contributed by atoms with van der Waals surface area (Å²) in [7, 11) is 0. The van der Waals surface area contributed by atoms with Crippen LogP contribution >= 0.6 is 22.9 Å². The minimum atomic E-state index is 0.620. The van der Waals surface area contributed by atoms with E-state index in [0.29, 0.717) is 12.5 Å². The maximum absolute atomic E-state index is 5.94. The van der Waals surface area contributed by atoms with Gasteiger partial charge in [-0.15, -0.1) is 11.3 Å². The molecule has 0 bridgehead atoms. The summed E-state index contributed by atoms with van der Waals surface area (Å²) < 4.78 is 0.813. The van der Waals surface area contributed by atoms with Crippen molar-refractivity contribution in [1.29, 1.82) is 0 Å². The number of aromatic nitrogens is 2. The molecular formula is C9H8ClN3S. The van der Waals surface area contributed by atoms with Crippen LogP contribution in [0.2, 0.25) is 4.34 Å².